The summed E-state index contributed by atoms with van der Waals surface area (Å²) in [5, 5.41) is 32.6. The van der Waals surface area contributed by atoms with Gasteiger partial charge < -0.3 is 34.8 Å². The molecule has 0 spiro atoms. The van der Waals surface area contributed by atoms with Crippen LogP contribution in [-0.2, 0) is 59.3 Å². The zero-order chi connectivity index (χ0) is 42.7. The number of aliphatic hydroxyl groups excluding tert-OH is 2. The maximum absolute atomic E-state index is 14.1. The number of carbonyl (C=O) groups is 3. The predicted octanol–water partition coefficient (Wildman–Crippen LogP) is 5.24. The minimum Gasteiger partial charge on any atom is -0.479 e. The number of carboxylic acid groups (broad SMARTS) is 2. The second kappa shape index (κ2) is 20.5. The monoisotopic (exact) mass is 832 g/mol. The molecule has 17 heteroatoms. The van der Waals surface area contributed by atoms with Gasteiger partial charge in [0.15, 0.2) is 12.2 Å². The Morgan fingerprint density at radius 3 is 1.95 bits per heavy atom. The Bertz CT molecular complexity index is 2090. The molecule has 4 aromatic rings. The number of carboxylic acids is 2. The summed E-state index contributed by atoms with van der Waals surface area (Å²) in [5.41, 5.74) is 3.67. The molecule has 1 aromatic heterocycles. The molecule has 0 saturated carbocycles. The number of aromatic nitrogens is 2. The summed E-state index contributed by atoms with van der Waals surface area (Å²) in [6.07, 6.45) is -5.96. The highest BCUT2D eigenvalue weighted by atomic mass is 35.5. The third-order valence-electron chi connectivity index (χ3n) is 9.84. The minimum atomic E-state index is -4.40. The van der Waals surface area contributed by atoms with Crippen molar-refractivity contribution in [3.05, 3.63) is 122 Å². The molecule has 0 radical (unpaired) electrons. The number of aryl methyl sites for hydroxylation is 2. The molecule has 2 unspecified atom stereocenters. The summed E-state index contributed by atoms with van der Waals surface area (Å²) >= 11 is 6.00. The van der Waals surface area contributed by atoms with Crippen LogP contribution in [-0.4, -0.2) is 96.0 Å². The number of nitrogens with zero attached hydrogens (tertiary/aromatic N) is 4. The van der Waals surface area contributed by atoms with Crippen molar-refractivity contribution >= 4 is 29.4 Å². The number of alkyl halides is 3. The zero-order valence-electron chi connectivity index (χ0n) is 31.9. The van der Waals surface area contributed by atoms with Crippen molar-refractivity contribution in [3.8, 4) is 11.1 Å². The van der Waals surface area contributed by atoms with E-state index in [9.17, 15) is 36.7 Å². The molecular weight excluding hydrogens is 788 g/mol. The van der Waals surface area contributed by atoms with E-state index in [2.05, 4.69) is 23.7 Å². The molecule has 0 bridgehead atoms. The van der Waals surface area contributed by atoms with Crippen molar-refractivity contribution in [1.82, 2.24) is 19.4 Å². The van der Waals surface area contributed by atoms with E-state index in [0.29, 0.717) is 62.3 Å². The maximum Gasteiger partial charge on any atom is 0.416 e. The fraction of sp³-hybridized carbons (Fsp3) is 0.390. The van der Waals surface area contributed by atoms with Gasteiger partial charge in [0.1, 0.15) is 18.2 Å². The number of carbonyl (C=O) groups excluding carboxylic acids is 1. The van der Waals surface area contributed by atoms with Gasteiger partial charge in [0.05, 0.1) is 10.6 Å². The van der Waals surface area contributed by atoms with E-state index in [1.165, 1.54) is 18.2 Å². The standard InChI is InChI=1S/C37H39ClF4N4O2.C4H6O6/c1-3-44(4-2)20-21-45(23-26-8-12-27(13-9-26)28-14-16-29(17-15-28)37(40,41)42)35(47)24-46-33-7-5-6-30(33)36(48)43-34(46)19-11-25-10-18-32(39)31(38)22-25;5-1(3(7)8)2(6)4(9)10/h8-10,12-18,22H,3-7,11,19-21,23-24H2,1-2H3;1-2,5-6H,(H,7,8)(H,9,10). The van der Waals surface area contributed by atoms with E-state index in [1.54, 1.807) is 12.1 Å². The first-order valence-electron chi connectivity index (χ1n) is 18.6. The molecule has 0 fully saturated rings. The molecule has 5 rings (SSSR count). The first-order valence-corrected chi connectivity index (χ1v) is 18.9. The summed E-state index contributed by atoms with van der Waals surface area (Å²) < 4.78 is 54.7. The lowest BCUT2D eigenvalue weighted by atomic mass is 10.0. The van der Waals surface area contributed by atoms with Gasteiger partial charge in [0, 0.05) is 37.3 Å². The van der Waals surface area contributed by atoms with Crippen LogP contribution in [0.4, 0.5) is 17.6 Å². The number of hydrogen-bond donors (Lipinski definition) is 4. The van der Waals surface area contributed by atoms with Crippen molar-refractivity contribution in [1.29, 1.82) is 0 Å². The van der Waals surface area contributed by atoms with Gasteiger partial charge in [-0.1, -0.05) is 67.9 Å². The van der Waals surface area contributed by atoms with E-state index < -0.39 is 41.7 Å². The van der Waals surface area contributed by atoms with Gasteiger partial charge in [-0.15, -0.1) is 0 Å². The lowest BCUT2D eigenvalue weighted by Crippen LogP contribution is -2.40. The molecule has 0 aliphatic heterocycles. The lowest BCUT2D eigenvalue weighted by molar-refractivity contribution is -0.165. The highest BCUT2D eigenvalue weighted by Crippen LogP contribution is 2.31. The maximum atomic E-state index is 14.1. The fourth-order valence-electron chi connectivity index (χ4n) is 6.46. The Hall–Kier alpha value is -5.16. The Morgan fingerprint density at radius 1 is 0.845 bits per heavy atom. The Balaban J connectivity index is 0.000000657. The summed E-state index contributed by atoms with van der Waals surface area (Å²) in [7, 11) is 0. The number of likely N-dealkylation sites (N-methyl/N-ethyl adjacent to an activating group) is 1. The van der Waals surface area contributed by atoms with Crippen molar-refractivity contribution in [2.75, 3.05) is 26.2 Å². The molecule has 0 saturated heterocycles. The quantitative estimate of drug-likeness (QED) is 0.109. The van der Waals surface area contributed by atoms with E-state index in [0.717, 1.165) is 54.0 Å². The Morgan fingerprint density at radius 2 is 1.41 bits per heavy atom. The number of rotatable bonds is 16. The summed E-state index contributed by atoms with van der Waals surface area (Å²) in [4.78, 5) is 55.1. The summed E-state index contributed by atoms with van der Waals surface area (Å²) in [5.74, 6) is -3.64. The Kier molecular flexibility index (Phi) is 16.1. The highest BCUT2D eigenvalue weighted by Gasteiger charge is 2.31. The molecule has 312 valence electrons. The normalized spacial score (nSPS) is 13.3. The fourth-order valence-corrected chi connectivity index (χ4v) is 6.66. The molecular formula is C41H45ClF4N4O8. The molecule has 1 heterocycles. The van der Waals surface area contributed by atoms with E-state index in [-0.39, 0.29) is 23.0 Å². The number of hydrogen-bond acceptors (Lipinski definition) is 8. The number of fused-ring (bicyclic) bond motifs is 1. The average Bonchev–Trinajstić information content (AvgIpc) is 3.70. The molecule has 1 aliphatic rings. The highest BCUT2D eigenvalue weighted by molar-refractivity contribution is 6.30. The van der Waals surface area contributed by atoms with Crippen LogP contribution in [0.3, 0.4) is 0 Å². The van der Waals surface area contributed by atoms with Crippen LogP contribution in [0.15, 0.2) is 71.5 Å². The third-order valence-corrected chi connectivity index (χ3v) is 10.1. The van der Waals surface area contributed by atoms with E-state index in [1.807, 2.05) is 33.7 Å². The van der Waals surface area contributed by atoms with Crippen molar-refractivity contribution in [2.45, 2.75) is 77.4 Å². The third kappa shape index (κ3) is 12.2. The van der Waals surface area contributed by atoms with E-state index >= 15 is 0 Å². The second-order valence-corrected chi connectivity index (χ2v) is 14.0. The van der Waals surface area contributed by atoms with Gasteiger partial charge >= 0.3 is 18.1 Å². The van der Waals surface area contributed by atoms with Crippen molar-refractivity contribution in [3.63, 3.8) is 0 Å². The van der Waals surface area contributed by atoms with Crippen LogP contribution in [0.1, 0.15) is 54.0 Å². The summed E-state index contributed by atoms with van der Waals surface area (Å²) in [6, 6.07) is 17.1. The molecule has 12 nitrogen and oxygen atoms in total. The van der Waals surface area contributed by atoms with Gasteiger partial charge in [-0.25, -0.2) is 14.0 Å². The number of aliphatic hydroxyl groups is 2. The SMILES string of the molecule is CCN(CC)CCN(Cc1ccc(-c2ccc(C(F)(F)F)cc2)cc1)C(=O)Cn1c(CCc2ccc(F)c(Cl)c2)nc(=O)c2c1CCC2.O=C(O)C(O)C(O)C(=O)O. The van der Waals surface area contributed by atoms with Gasteiger partial charge in [0.25, 0.3) is 5.56 Å². The lowest BCUT2D eigenvalue weighted by Gasteiger charge is -2.28. The molecule has 4 N–H and O–H groups in total. The number of benzene rings is 3. The molecule has 2 atom stereocenters. The average molecular weight is 833 g/mol. The van der Waals surface area contributed by atoms with E-state index in [4.69, 9.17) is 32.0 Å². The van der Waals surface area contributed by atoms with Crippen LogP contribution in [0.2, 0.25) is 5.02 Å². The molecule has 1 aliphatic carbocycles. The van der Waals surface area contributed by atoms with Crippen LogP contribution >= 0.6 is 11.6 Å². The molecule has 58 heavy (non-hydrogen) atoms. The zero-order valence-corrected chi connectivity index (χ0v) is 32.6. The van der Waals surface area contributed by atoms with Gasteiger partial charge in [-0.3, -0.25) is 9.59 Å². The molecule has 3 aromatic carbocycles. The largest absolute Gasteiger partial charge is 0.479 e. The topological polar surface area (TPSA) is 174 Å². The first kappa shape index (κ1) is 45.5. The molecule has 1 amide bonds. The number of aliphatic carboxylic acids is 2. The van der Waals surface area contributed by atoms with Gasteiger partial charge in [-0.05, 0) is 85.3 Å². The van der Waals surface area contributed by atoms with Crippen LogP contribution in [0.5, 0.6) is 0 Å². The summed E-state index contributed by atoms with van der Waals surface area (Å²) in [6.45, 7) is 7.37. The van der Waals surface area contributed by atoms with Gasteiger partial charge in [-0.2, -0.15) is 18.2 Å². The number of halogens is 5. The van der Waals surface area contributed by atoms with Crippen LogP contribution in [0.25, 0.3) is 11.1 Å². The minimum absolute atomic E-state index is 0.0248. The number of amides is 1. The smallest absolute Gasteiger partial charge is 0.416 e. The van der Waals surface area contributed by atoms with Crippen molar-refractivity contribution in [2.24, 2.45) is 0 Å². The van der Waals surface area contributed by atoms with Crippen LogP contribution in [0, 0.1) is 5.82 Å². The first-order chi connectivity index (χ1) is 27.4. The predicted molar refractivity (Wildman–Crippen MR) is 207 cm³/mol. The van der Waals surface area contributed by atoms with Crippen LogP contribution < -0.4 is 5.56 Å². The van der Waals surface area contributed by atoms with Crippen molar-refractivity contribution < 1.29 is 52.4 Å². The second-order valence-electron chi connectivity index (χ2n) is 13.6. The Labute approximate surface area is 336 Å². The van der Waals surface area contributed by atoms with Gasteiger partial charge in [0.2, 0.25) is 5.91 Å².